The molecule has 0 fully saturated rings. The maximum Gasteiger partial charge on any atom is 0.254 e. The molecular weight excluding hydrogens is 270 g/mol. The van der Waals surface area contributed by atoms with Crippen LogP contribution in [0.5, 0.6) is 5.75 Å². The number of likely N-dealkylation sites (N-methyl/N-ethyl adjacent to an activating group) is 1. The zero-order chi connectivity index (χ0) is 14.8. The van der Waals surface area contributed by atoms with Crippen LogP contribution in [0.15, 0.2) is 29.1 Å². The molecule has 0 aliphatic carbocycles. The van der Waals surface area contributed by atoms with Crippen molar-refractivity contribution in [3.05, 3.63) is 57.3 Å². The Morgan fingerprint density at radius 1 is 1.43 bits per heavy atom. The quantitative estimate of drug-likeness (QED) is 0.843. The van der Waals surface area contributed by atoms with Gasteiger partial charge in [-0.25, -0.2) is 4.98 Å². The van der Waals surface area contributed by atoms with Crippen molar-refractivity contribution < 1.29 is 9.53 Å². The number of hydrogen-bond donors (Lipinski definition) is 2. The number of carbonyl (C=O) groups excluding carboxylic acids is 1. The van der Waals surface area contributed by atoms with Crippen LogP contribution in [0.25, 0.3) is 0 Å². The van der Waals surface area contributed by atoms with Gasteiger partial charge >= 0.3 is 0 Å². The van der Waals surface area contributed by atoms with Crippen LogP contribution in [-0.4, -0.2) is 22.9 Å². The van der Waals surface area contributed by atoms with E-state index in [2.05, 4.69) is 15.3 Å². The summed E-state index contributed by atoms with van der Waals surface area (Å²) in [6.45, 7) is 0.233. The fourth-order valence-electron chi connectivity index (χ4n) is 2.35. The minimum atomic E-state index is -0.209. The maximum absolute atomic E-state index is 12.2. The Bertz CT molecular complexity index is 752. The van der Waals surface area contributed by atoms with Gasteiger partial charge in [0.1, 0.15) is 18.2 Å². The lowest BCUT2D eigenvalue weighted by Gasteiger charge is -2.06. The van der Waals surface area contributed by atoms with Gasteiger partial charge in [0.2, 0.25) is 5.91 Å². The van der Waals surface area contributed by atoms with Gasteiger partial charge in [0.25, 0.3) is 5.56 Å². The molecule has 1 aromatic carbocycles. The lowest BCUT2D eigenvalue weighted by molar-refractivity contribution is -0.120. The second kappa shape index (κ2) is 5.40. The van der Waals surface area contributed by atoms with Crippen molar-refractivity contribution in [2.24, 2.45) is 0 Å². The monoisotopic (exact) mass is 285 g/mol. The lowest BCUT2D eigenvalue weighted by Crippen LogP contribution is -2.26. The third-order valence-corrected chi connectivity index (χ3v) is 3.46. The van der Waals surface area contributed by atoms with E-state index >= 15 is 0 Å². The highest BCUT2D eigenvalue weighted by Gasteiger charge is 2.19. The molecule has 1 aliphatic heterocycles. The van der Waals surface area contributed by atoms with Crippen LogP contribution in [0.2, 0.25) is 0 Å². The van der Waals surface area contributed by atoms with Gasteiger partial charge in [-0.2, -0.15) is 0 Å². The number of para-hydroxylation sites is 1. The zero-order valence-electron chi connectivity index (χ0n) is 11.6. The third-order valence-electron chi connectivity index (χ3n) is 3.46. The molecule has 0 atom stereocenters. The molecule has 1 aromatic heterocycles. The first kappa shape index (κ1) is 13.4. The molecule has 0 radical (unpaired) electrons. The summed E-state index contributed by atoms with van der Waals surface area (Å²) in [4.78, 5) is 30.7. The standard InChI is InChI=1S/C15H15N3O3/c1-16-14(19)7-13-17-11-8-21-12-5-3-2-4-9(12)6-10(11)15(20)18-13/h2-5H,6-8H2,1H3,(H,16,19)(H,17,18,20). The molecule has 0 saturated carbocycles. The first-order valence-corrected chi connectivity index (χ1v) is 6.69. The van der Waals surface area contributed by atoms with Crippen molar-refractivity contribution in [3.8, 4) is 5.75 Å². The van der Waals surface area contributed by atoms with Gasteiger partial charge in [-0.1, -0.05) is 18.2 Å². The minimum absolute atomic E-state index is 0.0476. The van der Waals surface area contributed by atoms with Crippen LogP contribution in [0.1, 0.15) is 22.6 Å². The van der Waals surface area contributed by atoms with E-state index in [-0.39, 0.29) is 24.5 Å². The molecule has 0 unspecified atom stereocenters. The van der Waals surface area contributed by atoms with E-state index in [1.807, 2.05) is 24.3 Å². The van der Waals surface area contributed by atoms with Crippen LogP contribution in [-0.2, 0) is 24.2 Å². The number of H-pyrrole nitrogens is 1. The fourth-order valence-corrected chi connectivity index (χ4v) is 2.35. The number of benzene rings is 1. The molecule has 2 aromatic rings. The van der Waals surface area contributed by atoms with E-state index in [9.17, 15) is 9.59 Å². The van der Waals surface area contributed by atoms with Crippen molar-refractivity contribution in [2.75, 3.05) is 7.05 Å². The van der Waals surface area contributed by atoms with Crippen LogP contribution in [0.3, 0.4) is 0 Å². The highest BCUT2D eigenvalue weighted by molar-refractivity contribution is 5.77. The Morgan fingerprint density at radius 2 is 2.24 bits per heavy atom. The summed E-state index contributed by atoms with van der Waals surface area (Å²) < 4.78 is 5.70. The van der Waals surface area contributed by atoms with Crippen LogP contribution >= 0.6 is 0 Å². The number of aromatic amines is 1. The Balaban J connectivity index is 1.99. The van der Waals surface area contributed by atoms with Crippen LogP contribution in [0, 0.1) is 0 Å². The average molecular weight is 285 g/mol. The number of hydrogen-bond acceptors (Lipinski definition) is 4. The highest BCUT2D eigenvalue weighted by Crippen LogP contribution is 2.25. The summed E-state index contributed by atoms with van der Waals surface area (Å²) in [5.41, 5.74) is 1.94. The molecule has 0 saturated heterocycles. The topological polar surface area (TPSA) is 84.1 Å². The van der Waals surface area contributed by atoms with Crippen molar-refractivity contribution in [1.29, 1.82) is 0 Å². The summed E-state index contributed by atoms with van der Waals surface area (Å²) in [6.07, 6.45) is 0.528. The second-order valence-corrected chi connectivity index (χ2v) is 4.86. The lowest BCUT2D eigenvalue weighted by atomic mass is 10.0. The van der Waals surface area contributed by atoms with E-state index in [0.717, 1.165) is 11.3 Å². The molecule has 3 rings (SSSR count). The molecule has 1 aliphatic rings. The van der Waals surface area contributed by atoms with Crippen molar-refractivity contribution in [2.45, 2.75) is 19.4 Å². The van der Waals surface area contributed by atoms with Gasteiger partial charge < -0.3 is 15.0 Å². The molecule has 1 amide bonds. The normalized spacial score (nSPS) is 12.6. The summed E-state index contributed by atoms with van der Waals surface area (Å²) in [7, 11) is 1.55. The van der Waals surface area contributed by atoms with E-state index in [0.29, 0.717) is 23.5 Å². The molecule has 6 heteroatoms. The molecule has 0 bridgehead atoms. The summed E-state index contributed by atoms with van der Waals surface area (Å²) in [5.74, 6) is 0.923. The molecule has 108 valence electrons. The minimum Gasteiger partial charge on any atom is -0.487 e. The predicted octanol–water partition coefficient (Wildman–Crippen LogP) is 0.542. The maximum atomic E-state index is 12.2. The number of aromatic nitrogens is 2. The van der Waals surface area contributed by atoms with Gasteiger partial charge in [-0.05, 0) is 11.6 Å². The van der Waals surface area contributed by atoms with Crippen molar-refractivity contribution >= 4 is 5.91 Å². The number of carbonyl (C=O) groups is 1. The molecule has 2 N–H and O–H groups in total. The van der Waals surface area contributed by atoms with E-state index in [1.165, 1.54) is 0 Å². The van der Waals surface area contributed by atoms with Crippen molar-refractivity contribution in [1.82, 2.24) is 15.3 Å². The van der Waals surface area contributed by atoms with Crippen LogP contribution < -0.4 is 15.6 Å². The third kappa shape index (κ3) is 2.65. The number of fused-ring (bicyclic) bond motifs is 2. The first-order valence-electron chi connectivity index (χ1n) is 6.69. The number of amides is 1. The molecular formula is C15H15N3O3. The summed E-state index contributed by atoms with van der Waals surface area (Å²) >= 11 is 0. The van der Waals surface area contributed by atoms with Gasteiger partial charge in [0, 0.05) is 19.0 Å². The van der Waals surface area contributed by atoms with E-state index < -0.39 is 0 Å². The summed E-state index contributed by atoms with van der Waals surface area (Å²) in [6, 6.07) is 7.61. The number of nitrogens with zero attached hydrogens (tertiary/aromatic N) is 1. The SMILES string of the molecule is CNC(=O)Cc1nc2c(c(=O)[nH]1)Cc1ccccc1OC2. The van der Waals surface area contributed by atoms with E-state index in [4.69, 9.17) is 4.74 Å². The number of rotatable bonds is 2. The van der Waals surface area contributed by atoms with Gasteiger partial charge in [0.15, 0.2) is 0 Å². The van der Waals surface area contributed by atoms with Crippen molar-refractivity contribution in [3.63, 3.8) is 0 Å². The molecule has 21 heavy (non-hydrogen) atoms. The molecule has 2 heterocycles. The Labute approximate surface area is 121 Å². The van der Waals surface area contributed by atoms with Gasteiger partial charge in [-0.15, -0.1) is 0 Å². The second-order valence-electron chi connectivity index (χ2n) is 4.86. The van der Waals surface area contributed by atoms with Gasteiger partial charge in [0.05, 0.1) is 12.1 Å². The zero-order valence-corrected chi connectivity index (χ0v) is 11.6. The Morgan fingerprint density at radius 3 is 3.05 bits per heavy atom. The molecule has 0 spiro atoms. The Hall–Kier alpha value is -2.63. The fraction of sp³-hybridized carbons (Fsp3) is 0.267. The predicted molar refractivity (Wildman–Crippen MR) is 76.2 cm³/mol. The van der Waals surface area contributed by atoms with E-state index in [1.54, 1.807) is 7.05 Å². The molecule has 6 nitrogen and oxygen atoms in total. The number of nitrogens with one attached hydrogen (secondary N) is 2. The largest absolute Gasteiger partial charge is 0.487 e. The highest BCUT2D eigenvalue weighted by atomic mass is 16.5. The number of ether oxygens (including phenoxy) is 1. The Kier molecular flexibility index (Phi) is 3.43. The smallest absolute Gasteiger partial charge is 0.254 e. The van der Waals surface area contributed by atoms with Crippen LogP contribution in [0.4, 0.5) is 0 Å². The summed E-state index contributed by atoms with van der Waals surface area (Å²) in [5, 5.41) is 2.51. The first-order chi connectivity index (χ1) is 10.2. The van der Waals surface area contributed by atoms with Gasteiger partial charge in [-0.3, -0.25) is 9.59 Å². The average Bonchev–Trinajstić information content (AvgIpc) is 2.67.